The molecule has 9 heteroatoms. The molecule has 1 N–H and O–H groups in total. The number of benzene rings is 1. The highest BCUT2D eigenvalue weighted by Gasteiger charge is 2.17. The van der Waals surface area contributed by atoms with E-state index in [0.717, 1.165) is 7.11 Å². The monoisotopic (exact) mass is 317 g/mol. The highest BCUT2D eigenvalue weighted by atomic mass is 32.2. The predicted molar refractivity (Wildman–Crippen MR) is 73.4 cm³/mol. The summed E-state index contributed by atoms with van der Waals surface area (Å²) in [5, 5.41) is 0. The van der Waals surface area contributed by atoms with Gasteiger partial charge >= 0.3 is 11.9 Å². The lowest BCUT2D eigenvalue weighted by Crippen LogP contribution is -2.23. The maximum atomic E-state index is 11.7. The Morgan fingerprint density at radius 2 is 1.81 bits per heavy atom. The molecule has 0 aromatic heterocycles. The van der Waals surface area contributed by atoms with Crippen LogP contribution in [-0.4, -0.2) is 46.9 Å². The SMILES string of the molecule is COC(=O)COc1cccc(NS(=O)(=O)CC(=O)OC)c1. The Balaban J connectivity index is 2.72. The van der Waals surface area contributed by atoms with E-state index >= 15 is 0 Å². The van der Waals surface area contributed by atoms with Crippen LogP contribution in [0.15, 0.2) is 24.3 Å². The van der Waals surface area contributed by atoms with Gasteiger partial charge in [-0.3, -0.25) is 9.52 Å². The molecule has 1 rings (SSSR count). The van der Waals surface area contributed by atoms with Gasteiger partial charge in [-0.2, -0.15) is 0 Å². The van der Waals surface area contributed by atoms with Crippen LogP contribution in [0.25, 0.3) is 0 Å². The van der Waals surface area contributed by atoms with Gasteiger partial charge in [-0.1, -0.05) is 6.07 Å². The predicted octanol–water partition coefficient (Wildman–Crippen LogP) is 0.153. The first kappa shape index (κ1) is 16.8. The normalized spacial score (nSPS) is 10.6. The van der Waals surface area contributed by atoms with Gasteiger partial charge < -0.3 is 14.2 Å². The molecule has 0 saturated carbocycles. The topological polar surface area (TPSA) is 108 Å². The average molecular weight is 317 g/mol. The zero-order valence-electron chi connectivity index (χ0n) is 11.5. The van der Waals surface area contributed by atoms with Crippen molar-refractivity contribution in [2.75, 3.05) is 31.3 Å². The summed E-state index contributed by atoms with van der Waals surface area (Å²) in [5.74, 6) is -1.96. The van der Waals surface area contributed by atoms with E-state index in [1.54, 1.807) is 6.07 Å². The van der Waals surface area contributed by atoms with E-state index < -0.39 is 27.7 Å². The Bertz CT molecular complexity index is 612. The lowest BCUT2D eigenvalue weighted by molar-refractivity contribution is -0.143. The molecule has 0 spiro atoms. The lowest BCUT2D eigenvalue weighted by atomic mass is 10.3. The van der Waals surface area contributed by atoms with Crippen LogP contribution in [0.5, 0.6) is 5.75 Å². The number of hydrogen-bond donors (Lipinski definition) is 1. The third-order valence-corrected chi connectivity index (χ3v) is 3.39. The summed E-state index contributed by atoms with van der Waals surface area (Å²) in [4.78, 5) is 21.9. The van der Waals surface area contributed by atoms with Crippen molar-refractivity contribution in [3.63, 3.8) is 0 Å². The van der Waals surface area contributed by atoms with Crippen LogP contribution in [0.2, 0.25) is 0 Å². The number of hydrogen-bond acceptors (Lipinski definition) is 7. The van der Waals surface area contributed by atoms with Crippen LogP contribution in [0, 0.1) is 0 Å². The second-order valence-corrected chi connectivity index (χ2v) is 5.55. The van der Waals surface area contributed by atoms with Gasteiger partial charge in [0.1, 0.15) is 5.75 Å². The third kappa shape index (κ3) is 6.13. The van der Waals surface area contributed by atoms with Crippen LogP contribution in [0.1, 0.15) is 0 Å². The fourth-order valence-electron chi connectivity index (χ4n) is 1.28. The highest BCUT2D eigenvalue weighted by molar-refractivity contribution is 7.93. The quantitative estimate of drug-likeness (QED) is 0.713. The van der Waals surface area contributed by atoms with Gasteiger partial charge in [-0.05, 0) is 12.1 Å². The van der Waals surface area contributed by atoms with Gasteiger partial charge in [-0.15, -0.1) is 0 Å². The van der Waals surface area contributed by atoms with E-state index in [1.807, 2.05) is 0 Å². The fraction of sp³-hybridized carbons (Fsp3) is 0.333. The van der Waals surface area contributed by atoms with Crippen molar-refractivity contribution in [1.29, 1.82) is 0 Å². The molecule has 0 atom stereocenters. The molecule has 0 fully saturated rings. The molecule has 1 aromatic carbocycles. The van der Waals surface area contributed by atoms with Crippen molar-refractivity contribution in [2.24, 2.45) is 0 Å². The number of nitrogens with one attached hydrogen (secondary N) is 1. The van der Waals surface area contributed by atoms with Crippen LogP contribution in [0.4, 0.5) is 5.69 Å². The fourth-order valence-corrected chi connectivity index (χ4v) is 2.27. The molecule has 21 heavy (non-hydrogen) atoms. The summed E-state index contributed by atoms with van der Waals surface area (Å²) in [6.07, 6.45) is 0. The number of sulfonamides is 1. The van der Waals surface area contributed by atoms with Crippen LogP contribution in [-0.2, 0) is 29.1 Å². The van der Waals surface area contributed by atoms with Crippen LogP contribution < -0.4 is 9.46 Å². The van der Waals surface area contributed by atoms with Crippen LogP contribution in [0.3, 0.4) is 0 Å². The number of carbonyl (C=O) groups is 2. The van der Waals surface area contributed by atoms with Crippen molar-refractivity contribution < 1.29 is 32.2 Å². The minimum absolute atomic E-state index is 0.196. The molecule has 0 aliphatic rings. The second-order valence-electron chi connectivity index (χ2n) is 3.83. The summed E-state index contributed by atoms with van der Waals surface area (Å²) in [6, 6.07) is 5.92. The molecule has 0 amide bonds. The maximum absolute atomic E-state index is 11.7. The first-order valence-electron chi connectivity index (χ1n) is 5.73. The summed E-state index contributed by atoms with van der Waals surface area (Å²) in [7, 11) is -1.55. The van der Waals surface area contributed by atoms with Crippen LogP contribution >= 0.6 is 0 Å². The number of esters is 2. The molecular weight excluding hydrogens is 302 g/mol. The molecular formula is C12H15NO7S. The maximum Gasteiger partial charge on any atom is 0.343 e. The molecule has 0 aliphatic heterocycles. The van der Waals surface area contributed by atoms with Gasteiger partial charge in [0.05, 0.1) is 19.9 Å². The Hall–Kier alpha value is -2.29. The largest absolute Gasteiger partial charge is 0.482 e. The molecule has 0 bridgehead atoms. The van der Waals surface area contributed by atoms with Crippen molar-refractivity contribution >= 4 is 27.6 Å². The zero-order chi connectivity index (χ0) is 15.9. The number of anilines is 1. The van der Waals surface area contributed by atoms with E-state index in [1.165, 1.54) is 25.3 Å². The van der Waals surface area contributed by atoms with Gasteiger partial charge in [0.15, 0.2) is 12.4 Å². The Morgan fingerprint density at radius 3 is 2.43 bits per heavy atom. The van der Waals surface area contributed by atoms with E-state index in [9.17, 15) is 18.0 Å². The van der Waals surface area contributed by atoms with E-state index in [0.29, 0.717) is 0 Å². The minimum atomic E-state index is -3.87. The van der Waals surface area contributed by atoms with Gasteiger partial charge in [-0.25, -0.2) is 13.2 Å². The lowest BCUT2D eigenvalue weighted by Gasteiger charge is -2.09. The standard InChI is InChI=1S/C12H15NO7S/c1-18-11(14)7-20-10-5-3-4-9(6-10)13-21(16,17)8-12(15)19-2/h3-6,13H,7-8H2,1-2H3. The molecule has 0 saturated heterocycles. The zero-order valence-corrected chi connectivity index (χ0v) is 12.3. The third-order valence-electron chi connectivity index (χ3n) is 2.23. The minimum Gasteiger partial charge on any atom is -0.482 e. The number of rotatable bonds is 7. The van der Waals surface area contributed by atoms with Crippen molar-refractivity contribution in [1.82, 2.24) is 0 Å². The first-order valence-corrected chi connectivity index (χ1v) is 7.38. The summed E-state index contributed by atoms with van der Waals surface area (Å²) in [5.41, 5.74) is 0.196. The number of carbonyl (C=O) groups excluding carboxylic acids is 2. The second kappa shape index (κ2) is 7.48. The molecule has 8 nitrogen and oxygen atoms in total. The number of methoxy groups -OCH3 is 2. The molecule has 0 heterocycles. The molecule has 0 aliphatic carbocycles. The molecule has 0 unspecified atom stereocenters. The summed E-state index contributed by atoms with van der Waals surface area (Å²) < 4.78 is 39.4. The summed E-state index contributed by atoms with van der Waals surface area (Å²) in [6.45, 7) is -0.297. The smallest absolute Gasteiger partial charge is 0.343 e. The Labute approximate surface area is 122 Å². The number of ether oxygens (including phenoxy) is 3. The Morgan fingerprint density at radius 1 is 1.14 bits per heavy atom. The van der Waals surface area contributed by atoms with E-state index in [4.69, 9.17) is 4.74 Å². The van der Waals surface area contributed by atoms with Crippen molar-refractivity contribution in [2.45, 2.75) is 0 Å². The van der Waals surface area contributed by atoms with Gasteiger partial charge in [0, 0.05) is 6.07 Å². The van der Waals surface area contributed by atoms with E-state index in [2.05, 4.69) is 14.2 Å². The summed E-state index contributed by atoms with van der Waals surface area (Å²) >= 11 is 0. The Kier molecular flexibility index (Phi) is 5.97. The molecule has 0 radical (unpaired) electrons. The van der Waals surface area contributed by atoms with Gasteiger partial charge in [0.2, 0.25) is 10.0 Å². The highest BCUT2D eigenvalue weighted by Crippen LogP contribution is 2.18. The average Bonchev–Trinajstić information content (AvgIpc) is 2.43. The van der Waals surface area contributed by atoms with Crippen molar-refractivity contribution in [3.05, 3.63) is 24.3 Å². The molecule has 116 valence electrons. The van der Waals surface area contributed by atoms with Crippen molar-refractivity contribution in [3.8, 4) is 5.75 Å². The molecule has 1 aromatic rings. The first-order chi connectivity index (χ1) is 9.86. The van der Waals surface area contributed by atoms with E-state index in [-0.39, 0.29) is 18.0 Å². The van der Waals surface area contributed by atoms with Gasteiger partial charge in [0.25, 0.3) is 0 Å².